The molecular formula is C15H14ClF2NO. The molecule has 0 aliphatic rings. The summed E-state index contributed by atoms with van der Waals surface area (Å²) in [5, 5.41) is 3.40. The van der Waals surface area contributed by atoms with E-state index in [1.54, 1.807) is 32.2 Å². The molecule has 0 aliphatic carbocycles. The number of hydrogen-bond acceptors (Lipinski definition) is 2. The number of halogens is 3. The third-order valence-electron chi connectivity index (χ3n) is 2.79. The molecule has 2 aromatic carbocycles. The minimum Gasteiger partial charge on any atom is -0.451 e. The van der Waals surface area contributed by atoms with Gasteiger partial charge in [0.05, 0.1) is 0 Å². The maximum Gasteiger partial charge on any atom is 0.198 e. The Kier molecular flexibility index (Phi) is 4.57. The summed E-state index contributed by atoms with van der Waals surface area (Å²) in [7, 11) is 1.71. The maximum atomic E-state index is 13.9. The predicted molar refractivity (Wildman–Crippen MR) is 75.4 cm³/mol. The van der Waals surface area contributed by atoms with E-state index in [1.165, 1.54) is 12.1 Å². The van der Waals surface area contributed by atoms with Crippen LogP contribution in [0.4, 0.5) is 8.78 Å². The second kappa shape index (κ2) is 6.20. The first-order valence-electron chi connectivity index (χ1n) is 6.08. The summed E-state index contributed by atoms with van der Waals surface area (Å²) in [5.74, 6) is -1.54. The molecule has 0 saturated carbocycles. The fourth-order valence-corrected chi connectivity index (χ4v) is 1.93. The van der Waals surface area contributed by atoms with Crippen LogP contribution in [0.25, 0.3) is 0 Å². The van der Waals surface area contributed by atoms with Crippen molar-refractivity contribution in [3.05, 3.63) is 58.1 Å². The van der Waals surface area contributed by atoms with Crippen molar-refractivity contribution in [2.45, 2.75) is 13.5 Å². The van der Waals surface area contributed by atoms with E-state index in [4.69, 9.17) is 16.3 Å². The average molecular weight is 298 g/mol. The van der Waals surface area contributed by atoms with E-state index < -0.39 is 17.4 Å². The molecule has 2 aromatic rings. The largest absolute Gasteiger partial charge is 0.451 e. The molecule has 0 heterocycles. The minimum atomic E-state index is -0.733. The van der Waals surface area contributed by atoms with Gasteiger partial charge in [0.2, 0.25) is 0 Å². The second-order valence-corrected chi connectivity index (χ2v) is 4.84. The molecule has 106 valence electrons. The molecule has 0 aliphatic heterocycles. The molecule has 5 heteroatoms. The van der Waals surface area contributed by atoms with Gasteiger partial charge in [-0.25, -0.2) is 8.78 Å². The second-order valence-electron chi connectivity index (χ2n) is 4.43. The van der Waals surface area contributed by atoms with Crippen LogP contribution in [0.1, 0.15) is 11.1 Å². The fraction of sp³-hybridized carbons (Fsp3) is 0.200. The van der Waals surface area contributed by atoms with Gasteiger partial charge in [0.15, 0.2) is 17.4 Å². The van der Waals surface area contributed by atoms with Gasteiger partial charge in [0.25, 0.3) is 0 Å². The quantitative estimate of drug-likeness (QED) is 0.901. The van der Waals surface area contributed by atoms with Crippen LogP contribution in [0.2, 0.25) is 5.02 Å². The van der Waals surface area contributed by atoms with Gasteiger partial charge in [-0.2, -0.15) is 0 Å². The van der Waals surface area contributed by atoms with Gasteiger partial charge in [0.1, 0.15) is 5.75 Å². The highest BCUT2D eigenvalue weighted by atomic mass is 35.5. The normalized spacial score (nSPS) is 10.7. The molecule has 0 radical (unpaired) electrons. The van der Waals surface area contributed by atoms with Crippen LogP contribution < -0.4 is 10.1 Å². The van der Waals surface area contributed by atoms with Gasteiger partial charge in [0, 0.05) is 11.6 Å². The number of nitrogens with one attached hydrogen (secondary N) is 1. The molecule has 0 aromatic heterocycles. The summed E-state index contributed by atoms with van der Waals surface area (Å²) >= 11 is 5.89. The van der Waals surface area contributed by atoms with Crippen molar-refractivity contribution in [2.24, 2.45) is 0 Å². The Morgan fingerprint density at radius 1 is 1.15 bits per heavy atom. The van der Waals surface area contributed by atoms with Crippen molar-refractivity contribution in [3.8, 4) is 11.5 Å². The van der Waals surface area contributed by atoms with Gasteiger partial charge < -0.3 is 10.1 Å². The fourth-order valence-electron chi connectivity index (χ4n) is 1.81. The molecule has 0 atom stereocenters. The molecule has 0 unspecified atom stereocenters. The lowest BCUT2D eigenvalue weighted by atomic mass is 10.2. The number of aryl methyl sites for hydroxylation is 1. The Morgan fingerprint density at radius 3 is 2.35 bits per heavy atom. The number of ether oxygens (including phenoxy) is 1. The number of benzene rings is 2. The smallest absolute Gasteiger partial charge is 0.198 e. The van der Waals surface area contributed by atoms with Crippen molar-refractivity contribution in [1.82, 2.24) is 5.32 Å². The SMILES string of the molecule is CNCc1cc(F)c(Oc2ccc(Cl)c(C)c2)c(F)c1. The molecule has 2 rings (SSSR count). The highest BCUT2D eigenvalue weighted by Gasteiger charge is 2.14. The van der Waals surface area contributed by atoms with Crippen LogP contribution >= 0.6 is 11.6 Å². The monoisotopic (exact) mass is 297 g/mol. The van der Waals surface area contributed by atoms with Crippen molar-refractivity contribution in [2.75, 3.05) is 7.05 Å². The van der Waals surface area contributed by atoms with Crippen LogP contribution in [-0.2, 0) is 6.54 Å². The van der Waals surface area contributed by atoms with Crippen molar-refractivity contribution in [3.63, 3.8) is 0 Å². The summed E-state index contributed by atoms with van der Waals surface area (Å²) < 4.78 is 33.0. The molecule has 20 heavy (non-hydrogen) atoms. The minimum absolute atomic E-state index is 0.339. The lowest BCUT2D eigenvalue weighted by molar-refractivity contribution is 0.406. The zero-order chi connectivity index (χ0) is 14.7. The van der Waals surface area contributed by atoms with E-state index in [0.717, 1.165) is 5.56 Å². The van der Waals surface area contributed by atoms with Crippen LogP contribution in [-0.4, -0.2) is 7.05 Å². The van der Waals surface area contributed by atoms with Crippen LogP contribution in [0, 0.1) is 18.6 Å². The average Bonchev–Trinajstić information content (AvgIpc) is 2.38. The Bertz CT molecular complexity index is 608. The van der Waals surface area contributed by atoms with E-state index in [9.17, 15) is 8.78 Å². The molecule has 0 saturated heterocycles. The molecule has 0 amide bonds. The lowest BCUT2D eigenvalue weighted by Crippen LogP contribution is -2.06. The third-order valence-corrected chi connectivity index (χ3v) is 3.21. The highest BCUT2D eigenvalue weighted by molar-refractivity contribution is 6.31. The zero-order valence-corrected chi connectivity index (χ0v) is 11.9. The molecule has 2 nitrogen and oxygen atoms in total. The molecule has 0 bridgehead atoms. The maximum absolute atomic E-state index is 13.9. The Morgan fingerprint density at radius 2 is 1.80 bits per heavy atom. The molecular weight excluding hydrogens is 284 g/mol. The van der Waals surface area contributed by atoms with Gasteiger partial charge in [-0.3, -0.25) is 0 Å². The summed E-state index contributed by atoms with van der Waals surface area (Å²) in [4.78, 5) is 0. The molecule has 0 spiro atoms. The Labute approximate surface area is 121 Å². The Balaban J connectivity index is 2.31. The van der Waals surface area contributed by atoms with E-state index in [0.29, 0.717) is 22.9 Å². The van der Waals surface area contributed by atoms with Gasteiger partial charge in [-0.05, 0) is 55.4 Å². The number of rotatable bonds is 4. The van der Waals surface area contributed by atoms with Gasteiger partial charge in [-0.1, -0.05) is 11.6 Å². The molecule has 0 fully saturated rings. The predicted octanol–water partition coefficient (Wildman–Crippen LogP) is 4.44. The topological polar surface area (TPSA) is 21.3 Å². The summed E-state index contributed by atoms with van der Waals surface area (Å²) in [5.41, 5.74) is 1.29. The Hall–Kier alpha value is -1.65. The first-order valence-corrected chi connectivity index (χ1v) is 6.45. The standard InChI is InChI=1S/C15H14ClF2NO/c1-9-5-11(3-4-12(9)16)20-15-13(17)6-10(8-19-2)7-14(15)18/h3-7,19H,8H2,1-2H3. The zero-order valence-electron chi connectivity index (χ0n) is 11.1. The van der Waals surface area contributed by atoms with E-state index in [-0.39, 0.29) is 0 Å². The van der Waals surface area contributed by atoms with E-state index in [1.807, 2.05) is 0 Å². The first kappa shape index (κ1) is 14.8. The van der Waals surface area contributed by atoms with Gasteiger partial charge in [-0.15, -0.1) is 0 Å². The third kappa shape index (κ3) is 3.26. The summed E-state index contributed by atoms with van der Waals surface area (Å²) in [6, 6.07) is 7.31. The van der Waals surface area contributed by atoms with Crippen molar-refractivity contribution in [1.29, 1.82) is 0 Å². The van der Waals surface area contributed by atoms with Crippen molar-refractivity contribution < 1.29 is 13.5 Å². The highest BCUT2D eigenvalue weighted by Crippen LogP contribution is 2.30. The number of hydrogen-bond donors (Lipinski definition) is 1. The lowest BCUT2D eigenvalue weighted by Gasteiger charge is -2.10. The van der Waals surface area contributed by atoms with Crippen LogP contribution in [0.3, 0.4) is 0 Å². The van der Waals surface area contributed by atoms with Crippen LogP contribution in [0.5, 0.6) is 11.5 Å². The van der Waals surface area contributed by atoms with Crippen LogP contribution in [0.15, 0.2) is 30.3 Å². The molecule has 1 N–H and O–H groups in total. The van der Waals surface area contributed by atoms with Crippen molar-refractivity contribution >= 4 is 11.6 Å². The van der Waals surface area contributed by atoms with Gasteiger partial charge >= 0.3 is 0 Å². The summed E-state index contributed by atoms with van der Waals surface area (Å²) in [6.07, 6.45) is 0. The first-order chi connectivity index (χ1) is 9.51. The van der Waals surface area contributed by atoms with E-state index >= 15 is 0 Å². The summed E-state index contributed by atoms with van der Waals surface area (Å²) in [6.45, 7) is 2.17. The van der Waals surface area contributed by atoms with E-state index in [2.05, 4.69) is 5.32 Å².